The van der Waals surface area contributed by atoms with E-state index in [1.807, 2.05) is 0 Å². The van der Waals surface area contributed by atoms with Crippen molar-refractivity contribution >= 4 is 15.8 Å². The summed E-state index contributed by atoms with van der Waals surface area (Å²) in [5.41, 5.74) is 0.397. The van der Waals surface area contributed by atoms with Crippen LogP contribution in [0.5, 0.6) is 0 Å². The first-order chi connectivity index (χ1) is 7.55. The molecule has 0 bridgehead atoms. The molecule has 0 spiro atoms. The molecule has 90 valence electrons. The van der Waals surface area contributed by atoms with Crippen molar-refractivity contribution in [1.29, 1.82) is 0 Å². The molecule has 1 aromatic heterocycles. The summed E-state index contributed by atoms with van der Waals surface area (Å²) in [7, 11) is -4.20. The fourth-order valence-corrected chi connectivity index (χ4v) is 1.94. The molecule has 0 saturated heterocycles. The lowest BCUT2D eigenvalue weighted by Gasteiger charge is -2.08. The highest BCUT2D eigenvalue weighted by molar-refractivity contribution is 7.86. The van der Waals surface area contributed by atoms with Crippen molar-refractivity contribution in [2.45, 2.75) is 31.1 Å². The maximum absolute atomic E-state index is 11.0. The van der Waals surface area contributed by atoms with Gasteiger partial charge < -0.3 is 5.32 Å². The van der Waals surface area contributed by atoms with E-state index in [0.29, 0.717) is 12.2 Å². The molecule has 0 aliphatic heterocycles. The van der Waals surface area contributed by atoms with Crippen LogP contribution in [0.3, 0.4) is 0 Å². The SMILES string of the molecule is CCCCCNc1ccncc1S(=O)(=O)O. The lowest BCUT2D eigenvalue weighted by Crippen LogP contribution is -2.08. The van der Waals surface area contributed by atoms with Gasteiger partial charge in [0.25, 0.3) is 10.1 Å². The maximum atomic E-state index is 11.0. The standard InChI is InChI=1S/C10H16N2O3S/c1-2-3-4-6-12-9-5-7-11-8-10(9)16(13,14)15/h5,7-8H,2-4,6H2,1H3,(H,11,12)(H,13,14,15). The fraction of sp³-hybridized carbons (Fsp3) is 0.500. The largest absolute Gasteiger partial charge is 0.384 e. The van der Waals surface area contributed by atoms with Gasteiger partial charge in [0, 0.05) is 12.7 Å². The molecule has 1 heterocycles. The fourth-order valence-electron chi connectivity index (χ4n) is 1.33. The minimum absolute atomic E-state index is 0.175. The van der Waals surface area contributed by atoms with Gasteiger partial charge in [0.15, 0.2) is 0 Å². The lowest BCUT2D eigenvalue weighted by atomic mass is 10.2. The topological polar surface area (TPSA) is 79.3 Å². The zero-order valence-electron chi connectivity index (χ0n) is 9.18. The summed E-state index contributed by atoms with van der Waals surface area (Å²) in [6, 6.07) is 1.54. The predicted molar refractivity (Wildman–Crippen MR) is 62.1 cm³/mol. The Hall–Kier alpha value is -1.14. The summed E-state index contributed by atoms with van der Waals surface area (Å²) in [4.78, 5) is 3.50. The van der Waals surface area contributed by atoms with Crippen LogP contribution in [0, 0.1) is 0 Å². The van der Waals surface area contributed by atoms with Crippen molar-refractivity contribution < 1.29 is 13.0 Å². The van der Waals surface area contributed by atoms with E-state index in [-0.39, 0.29) is 4.90 Å². The molecular weight excluding hydrogens is 228 g/mol. The van der Waals surface area contributed by atoms with Gasteiger partial charge in [-0.2, -0.15) is 8.42 Å². The molecule has 0 amide bonds. The monoisotopic (exact) mass is 244 g/mol. The molecule has 0 aromatic carbocycles. The molecule has 0 atom stereocenters. The first-order valence-corrected chi connectivity index (χ1v) is 6.65. The van der Waals surface area contributed by atoms with E-state index in [1.165, 1.54) is 12.3 Å². The van der Waals surface area contributed by atoms with Gasteiger partial charge in [-0.1, -0.05) is 19.8 Å². The van der Waals surface area contributed by atoms with Crippen molar-refractivity contribution in [1.82, 2.24) is 4.98 Å². The van der Waals surface area contributed by atoms with Gasteiger partial charge in [0.2, 0.25) is 0 Å². The van der Waals surface area contributed by atoms with Crippen molar-refractivity contribution in [3.63, 3.8) is 0 Å². The Morgan fingerprint density at radius 1 is 1.44 bits per heavy atom. The van der Waals surface area contributed by atoms with Gasteiger partial charge in [0.05, 0.1) is 11.9 Å². The summed E-state index contributed by atoms with van der Waals surface area (Å²) in [6.07, 6.45) is 5.76. The summed E-state index contributed by atoms with van der Waals surface area (Å²) in [5, 5.41) is 2.98. The number of pyridine rings is 1. The van der Waals surface area contributed by atoms with E-state index >= 15 is 0 Å². The Morgan fingerprint density at radius 2 is 2.19 bits per heavy atom. The first-order valence-electron chi connectivity index (χ1n) is 5.21. The van der Waals surface area contributed by atoms with Gasteiger partial charge >= 0.3 is 0 Å². The van der Waals surface area contributed by atoms with Crippen LogP contribution in [0.25, 0.3) is 0 Å². The zero-order valence-corrected chi connectivity index (χ0v) is 10.00. The zero-order chi connectivity index (χ0) is 12.0. The van der Waals surface area contributed by atoms with Crippen LogP contribution in [-0.2, 0) is 10.1 Å². The highest BCUT2D eigenvalue weighted by Crippen LogP contribution is 2.18. The molecule has 0 aliphatic rings. The number of aromatic nitrogens is 1. The summed E-state index contributed by atoms with van der Waals surface area (Å²) >= 11 is 0. The number of unbranched alkanes of at least 4 members (excludes halogenated alkanes) is 2. The highest BCUT2D eigenvalue weighted by atomic mass is 32.2. The molecule has 6 heteroatoms. The second-order valence-electron chi connectivity index (χ2n) is 3.48. The molecule has 5 nitrogen and oxygen atoms in total. The van der Waals surface area contributed by atoms with E-state index in [4.69, 9.17) is 4.55 Å². The summed E-state index contributed by atoms with van der Waals surface area (Å²) < 4.78 is 31.0. The summed E-state index contributed by atoms with van der Waals surface area (Å²) in [5.74, 6) is 0. The second kappa shape index (κ2) is 5.81. The normalized spacial score (nSPS) is 11.4. The van der Waals surface area contributed by atoms with Gasteiger partial charge in [-0.3, -0.25) is 9.54 Å². The average molecular weight is 244 g/mol. The Bertz CT molecular complexity index is 431. The van der Waals surface area contributed by atoms with Crippen LogP contribution in [0.2, 0.25) is 0 Å². The quantitative estimate of drug-likeness (QED) is 0.590. The van der Waals surface area contributed by atoms with Crippen LogP contribution in [-0.4, -0.2) is 24.5 Å². The van der Waals surface area contributed by atoms with Gasteiger partial charge in [-0.15, -0.1) is 0 Å². The van der Waals surface area contributed by atoms with E-state index in [1.54, 1.807) is 0 Å². The number of hydrogen-bond acceptors (Lipinski definition) is 4. The number of anilines is 1. The van der Waals surface area contributed by atoms with Gasteiger partial charge in [-0.05, 0) is 12.5 Å². The van der Waals surface area contributed by atoms with Crippen LogP contribution < -0.4 is 5.32 Å². The molecule has 0 radical (unpaired) electrons. The van der Waals surface area contributed by atoms with Crippen LogP contribution in [0.15, 0.2) is 23.4 Å². The third kappa shape index (κ3) is 3.79. The summed E-state index contributed by atoms with van der Waals surface area (Å²) in [6.45, 7) is 2.77. The molecule has 1 rings (SSSR count). The van der Waals surface area contributed by atoms with Crippen molar-refractivity contribution in [2.75, 3.05) is 11.9 Å². The first kappa shape index (κ1) is 12.9. The lowest BCUT2D eigenvalue weighted by molar-refractivity contribution is 0.483. The van der Waals surface area contributed by atoms with Gasteiger partial charge in [-0.25, -0.2) is 0 Å². The molecule has 1 aromatic rings. The number of nitrogens with one attached hydrogen (secondary N) is 1. The van der Waals surface area contributed by atoms with Crippen LogP contribution >= 0.6 is 0 Å². The van der Waals surface area contributed by atoms with Crippen molar-refractivity contribution in [3.8, 4) is 0 Å². The van der Waals surface area contributed by atoms with E-state index in [9.17, 15) is 8.42 Å². The molecular formula is C10H16N2O3S. The second-order valence-corrected chi connectivity index (χ2v) is 4.87. The third-order valence-electron chi connectivity index (χ3n) is 2.16. The molecule has 0 fully saturated rings. The van der Waals surface area contributed by atoms with Crippen LogP contribution in [0.4, 0.5) is 5.69 Å². The smallest absolute Gasteiger partial charge is 0.298 e. The Morgan fingerprint density at radius 3 is 2.81 bits per heavy atom. The Labute approximate surface area is 95.7 Å². The van der Waals surface area contributed by atoms with E-state index in [0.717, 1.165) is 25.5 Å². The highest BCUT2D eigenvalue weighted by Gasteiger charge is 2.14. The van der Waals surface area contributed by atoms with Gasteiger partial charge in [0.1, 0.15) is 4.90 Å². The molecule has 16 heavy (non-hydrogen) atoms. The Balaban J connectivity index is 2.73. The predicted octanol–water partition coefficient (Wildman–Crippen LogP) is 1.93. The Kier molecular flexibility index (Phi) is 4.70. The van der Waals surface area contributed by atoms with Crippen LogP contribution in [0.1, 0.15) is 26.2 Å². The van der Waals surface area contributed by atoms with Crippen molar-refractivity contribution in [3.05, 3.63) is 18.5 Å². The average Bonchev–Trinajstić information content (AvgIpc) is 2.24. The van der Waals surface area contributed by atoms with E-state index in [2.05, 4.69) is 17.2 Å². The molecule has 0 saturated carbocycles. The number of nitrogens with zero attached hydrogens (tertiary/aromatic N) is 1. The minimum Gasteiger partial charge on any atom is -0.384 e. The molecule has 0 aliphatic carbocycles. The molecule has 0 unspecified atom stereocenters. The molecule has 2 N–H and O–H groups in total. The number of hydrogen-bond donors (Lipinski definition) is 2. The van der Waals surface area contributed by atoms with E-state index < -0.39 is 10.1 Å². The minimum atomic E-state index is -4.20. The number of rotatable bonds is 6. The van der Waals surface area contributed by atoms with Crippen molar-refractivity contribution in [2.24, 2.45) is 0 Å². The maximum Gasteiger partial charge on any atom is 0.298 e. The third-order valence-corrected chi connectivity index (χ3v) is 3.04.